The number of carboxylic acid groups (broad SMARTS) is 1. The van der Waals surface area contributed by atoms with Crippen molar-refractivity contribution in [1.82, 2.24) is 4.98 Å². The zero-order valence-corrected chi connectivity index (χ0v) is 16.5. The second-order valence-corrected chi connectivity index (χ2v) is 6.84. The van der Waals surface area contributed by atoms with E-state index in [0.717, 1.165) is 22.6 Å². The number of ether oxygens (including phenoxy) is 3. The topological polar surface area (TPSA) is 77.9 Å². The lowest BCUT2D eigenvalue weighted by atomic mass is 10.2. The number of nitrogens with zero attached hydrogens (tertiary/aromatic N) is 1. The molecule has 0 aliphatic rings. The molecule has 0 bridgehead atoms. The Morgan fingerprint density at radius 2 is 1.79 bits per heavy atom. The molecule has 146 valence electrons. The molecule has 0 aliphatic carbocycles. The van der Waals surface area contributed by atoms with Crippen LogP contribution in [0.3, 0.4) is 0 Å². The monoisotopic (exact) mass is 399 g/mol. The molecular weight excluding hydrogens is 378 g/mol. The first kappa shape index (κ1) is 19.7. The van der Waals surface area contributed by atoms with E-state index in [4.69, 9.17) is 14.2 Å². The minimum atomic E-state index is -0.968. The van der Waals surface area contributed by atoms with Gasteiger partial charge in [-0.15, -0.1) is 11.3 Å². The number of para-hydroxylation sites is 1. The molecule has 0 spiro atoms. The SMILES string of the molecule is CCOc1cc(-c2nc(C)c(C(=O)O)s2)ccc1OCCOc1ccccc1. The zero-order valence-electron chi connectivity index (χ0n) is 15.7. The number of aromatic carboxylic acids is 1. The highest BCUT2D eigenvalue weighted by Crippen LogP contribution is 2.35. The summed E-state index contributed by atoms with van der Waals surface area (Å²) in [6.45, 7) is 4.85. The molecule has 0 radical (unpaired) electrons. The maximum atomic E-state index is 11.3. The standard InChI is InChI=1S/C21H21NO5S/c1-3-25-18-13-15(20-22-14(2)19(28-20)21(23)24)9-10-17(18)27-12-11-26-16-7-5-4-6-8-16/h4-10,13H,3,11-12H2,1-2H3,(H,23,24). The summed E-state index contributed by atoms with van der Waals surface area (Å²) in [5, 5.41) is 9.86. The molecule has 0 saturated carbocycles. The van der Waals surface area contributed by atoms with E-state index in [9.17, 15) is 9.90 Å². The van der Waals surface area contributed by atoms with Crippen LogP contribution in [0.2, 0.25) is 0 Å². The van der Waals surface area contributed by atoms with Gasteiger partial charge in [0.25, 0.3) is 0 Å². The number of rotatable bonds is 9. The number of aromatic nitrogens is 1. The summed E-state index contributed by atoms with van der Waals surface area (Å²) >= 11 is 1.15. The Bertz CT molecular complexity index is 939. The predicted molar refractivity (Wildman–Crippen MR) is 108 cm³/mol. The molecule has 6 nitrogen and oxygen atoms in total. The van der Waals surface area contributed by atoms with Gasteiger partial charge in [0.2, 0.25) is 0 Å². The lowest BCUT2D eigenvalue weighted by molar-refractivity contribution is 0.0701. The molecule has 1 aromatic heterocycles. The van der Waals surface area contributed by atoms with Gasteiger partial charge in [-0.2, -0.15) is 0 Å². The quantitative estimate of drug-likeness (QED) is 0.527. The number of hydrogen-bond donors (Lipinski definition) is 1. The fourth-order valence-electron chi connectivity index (χ4n) is 2.57. The van der Waals surface area contributed by atoms with Crippen LogP contribution >= 0.6 is 11.3 Å². The molecule has 0 atom stereocenters. The highest BCUT2D eigenvalue weighted by atomic mass is 32.1. The summed E-state index contributed by atoms with van der Waals surface area (Å²) in [6.07, 6.45) is 0. The molecule has 0 saturated heterocycles. The van der Waals surface area contributed by atoms with Gasteiger partial charge in [-0.3, -0.25) is 0 Å². The maximum absolute atomic E-state index is 11.3. The second kappa shape index (κ2) is 9.23. The van der Waals surface area contributed by atoms with Gasteiger partial charge in [0, 0.05) is 5.56 Å². The average molecular weight is 399 g/mol. The molecule has 2 aromatic carbocycles. The van der Waals surface area contributed by atoms with Gasteiger partial charge in [-0.05, 0) is 44.2 Å². The van der Waals surface area contributed by atoms with Crippen LogP contribution < -0.4 is 14.2 Å². The molecule has 0 unspecified atom stereocenters. The van der Waals surface area contributed by atoms with Crippen LogP contribution in [0, 0.1) is 6.92 Å². The van der Waals surface area contributed by atoms with Crippen molar-refractivity contribution in [2.45, 2.75) is 13.8 Å². The van der Waals surface area contributed by atoms with Crippen LogP contribution in [0.15, 0.2) is 48.5 Å². The average Bonchev–Trinajstić information content (AvgIpc) is 3.09. The van der Waals surface area contributed by atoms with Crippen molar-refractivity contribution in [3.8, 4) is 27.8 Å². The van der Waals surface area contributed by atoms with Gasteiger partial charge in [0.15, 0.2) is 11.5 Å². The summed E-state index contributed by atoms with van der Waals surface area (Å²) in [4.78, 5) is 15.9. The highest BCUT2D eigenvalue weighted by Gasteiger charge is 2.16. The number of aryl methyl sites for hydroxylation is 1. The zero-order chi connectivity index (χ0) is 19.9. The summed E-state index contributed by atoms with van der Waals surface area (Å²) in [5.41, 5.74) is 1.29. The minimum absolute atomic E-state index is 0.242. The van der Waals surface area contributed by atoms with Gasteiger partial charge in [-0.25, -0.2) is 9.78 Å². The Balaban J connectivity index is 1.70. The Kier molecular flexibility index (Phi) is 6.49. The van der Waals surface area contributed by atoms with Gasteiger partial charge in [0.05, 0.1) is 12.3 Å². The van der Waals surface area contributed by atoms with Gasteiger partial charge in [0.1, 0.15) is 28.8 Å². The van der Waals surface area contributed by atoms with Gasteiger partial charge >= 0.3 is 5.97 Å². The maximum Gasteiger partial charge on any atom is 0.347 e. The largest absolute Gasteiger partial charge is 0.490 e. The summed E-state index contributed by atoms with van der Waals surface area (Å²) in [5.74, 6) is 1.02. The number of carbonyl (C=O) groups is 1. The van der Waals surface area contributed by atoms with E-state index in [1.165, 1.54) is 0 Å². The van der Waals surface area contributed by atoms with Crippen molar-refractivity contribution in [3.63, 3.8) is 0 Å². The minimum Gasteiger partial charge on any atom is -0.490 e. The van der Waals surface area contributed by atoms with E-state index in [2.05, 4.69) is 4.98 Å². The van der Waals surface area contributed by atoms with E-state index in [1.54, 1.807) is 13.0 Å². The smallest absolute Gasteiger partial charge is 0.347 e. The van der Waals surface area contributed by atoms with Crippen LogP contribution in [0.4, 0.5) is 0 Å². The highest BCUT2D eigenvalue weighted by molar-refractivity contribution is 7.17. The van der Waals surface area contributed by atoms with Crippen molar-refractivity contribution >= 4 is 17.3 Å². The number of thiazole rings is 1. The van der Waals surface area contributed by atoms with E-state index >= 15 is 0 Å². The Hall–Kier alpha value is -3.06. The van der Waals surface area contributed by atoms with Crippen LogP contribution in [-0.4, -0.2) is 35.9 Å². The normalized spacial score (nSPS) is 10.5. The second-order valence-electron chi connectivity index (χ2n) is 5.84. The van der Waals surface area contributed by atoms with Crippen LogP contribution in [-0.2, 0) is 0 Å². The first-order chi connectivity index (χ1) is 13.6. The lowest BCUT2D eigenvalue weighted by Gasteiger charge is -2.13. The molecule has 0 aliphatic heterocycles. The lowest BCUT2D eigenvalue weighted by Crippen LogP contribution is -2.09. The molecule has 0 fully saturated rings. The van der Waals surface area contributed by atoms with Gasteiger partial charge in [-0.1, -0.05) is 18.2 Å². The van der Waals surface area contributed by atoms with Crippen molar-refractivity contribution in [1.29, 1.82) is 0 Å². The molecule has 1 N–H and O–H groups in total. The Labute approximate surface area is 167 Å². The number of hydrogen-bond acceptors (Lipinski definition) is 6. The van der Waals surface area contributed by atoms with E-state index in [-0.39, 0.29) is 4.88 Å². The third kappa shape index (κ3) is 4.80. The molecule has 7 heteroatoms. The Morgan fingerprint density at radius 1 is 1.04 bits per heavy atom. The van der Waals surface area contributed by atoms with E-state index in [0.29, 0.717) is 42.0 Å². The fraction of sp³-hybridized carbons (Fsp3) is 0.238. The summed E-state index contributed by atoms with van der Waals surface area (Å²) < 4.78 is 17.1. The fourth-order valence-corrected chi connectivity index (χ4v) is 3.48. The first-order valence-corrected chi connectivity index (χ1v) is 9.68. The summed E-state index contributed by atoms with van der Waals surface area (Å²) in [7, 11) is 0. The molecule has 1 heterocycles. The molecule has 3 aromatic rings. The van der Waals surface area contributed by atoms with E-state index in [1.807, 2.05) is 49.4 Å². The van der Waals surface area contributed by atoms with Crippen molar-refractivity contribution < 1.29 is 24.1 Å². The third-order valence-corrected chi connectivity index (χ3v) is 5.03. The predicted octanol–water partition coefficient (Wildman–Crippen LogP) is 4.67. The van der Waals surface area contributed by atoms with Crippen molar-refractivity contribution in [3.05, 3.63) is 59.1 Å². The van der Waals surface area contributed by atoms with Crippen LogP contribution in [0.5, 0.6) is 17.2 Å². The molecule has 3 rings (SSSR count). The first-order valence-electron chi connectivity index (χ1n) is 8.87. The summed E-state index contributed by atoms with van der Waals surface area (Å²) in [6, 6.07) is 15.0. The van der Waals surface area contributed by atoms with Crippen molar-refractivity contribution in [2.24, 2.45) is 0 Å². The van der Waals surface area contributed by atoms with Crippen molar-refractivity contribution in [2.75, 3.05) is 19.8 Å². The van der Waals surface area contributed by atoms with Crippen LogP contribution in [0.1, 0.15) is 22.3 Å². The van der Waals surface area contributed by atoms with Gasteiger partial charge < -0.3 is 19.3 Å². The van der Waals surface area contributed by atoms with E-state index < -0.39 is 5.97 Å². The third-order valence-electron chi connectivity index (χ3n) is 3.83. The Morgan fingerprint density at radius 3 is 2.46 bits per heavy atom. The van der Waals surface area contributed by atoms with Crippen LogP contribution in [0.25, 0.3) is 10.6 Å². The number of carboxylic acids is 1. The number of benzene rings is 2. The molecular formula is C21H21NO5S. The molecule has 0 amide bonds. The molecule has 28 heavy (non-hydrogen) atoms.